The lowest BCUT2D eigenvalue weighted by atomic mass is 10.0. The van der Waals surface area contributed by atoms with Crippen LogP contribution in [0, 0.1) is 18.3 Å². The van der Waals surface area contributed by atoms with Crippen LogP contribution < -0.4 is 4.74 Å². The smallest absolute Gasteiger partial charge is 0.348 e. The summed E-state index contributed by atoms with van der Waals surface area (Å²) in [6.45, 7) is 5.58. The molecule has 0 N–H and O–H groups in total. The molecule has 0 aliphatic heterocycles. The summed E-state index contributed by atoms with van der Waals surface area (Å²) in [7, 11) is 0. The topological polar surface area (TPSA) is 103 Å². The maximum Gasteiger partial charge on any atom is 0.348 e. The van der Waals surface area contributed by atoms with Gasteiger partial charge in [0.1, 0.15) is 23.3 Å². The first-order chi connectivity index (χ1) is 19.9. The minimum Gasteiger partial charge on any atom is -0.488 e. The van der Waals surface area contributed by atoms with Crippen molar-refractivity contribution in [3.8, 4) is 11.8 Å². The third-order valence-corrected chi connectivity index (χ3v) is 7.66. The first-order valence-corrected chi connectivity index (χ1v) is 14.0. The molecule has 0 radical (unpaired) electrons. The molecule has 208 valence electrons. The van der Waals surface area contributed by atoms with Crippen LogP contribution in [0.5, 0.6) is 5.75 Å². The molecule has 0 fully saturated rings. The Morgan fingerprint density at radius 1 is 0.902 bits per heavy atom. The van der Waals surface area contributed by atoms with Gasteiger partial charge in [-0.2, -0.15) is 5.26 Å². The van der Waals surface area contributed by atoms with Gasteiger partial charge in [-0.3, -0.25) is 4.79 Å². The predicted octanol–water partition coefficient (Wildman–Crippen LogP) is 6.86. The molecule has 4 aromatic rings. The molecule has 0 amide bonds. The Bertz CT molecular complexity index is 1670. The summed E-state index contributed by atoms with van der Waals surface area (Å²) in [5.41, 5.74) is 2.02. The van der Waals surface area contributed by atoms with Gasteiger partial charge in [0.25, 0.3) is 0 Å². The summed E-state index contributed by atoms with van der Waals surface area (Å²) in [6, 6.07) is 23.2. The molecule has 8 heteroatoms. The van der Waals surface area contributed by atoms with Crippen molar-refractivity contribution in [2.45, 2.75) is 33.8 Å². The van der Waals surface area contributed by atoms with E-state index in [0.29, 0.717) is 28.4 Å². The second kappa shape index (κ2) is 13.6. The number of benzene rings is 3. The molecule has 0 bridgehead atoms. The van der Waals surface area contributed by atoms with Crippen molar-refractivity contribution in [3.63, 3.8) is 0 Å². The van der Waals surface area contributed by atoms with Crippen molar-refractivity contribution in [1.29, 1.82) is 5.26 Å². The largest absolute Gasteiger partial charge is 0.488 e. The second-order valence-corrected chi connectivity index (χ2v) is 10.1. The molecule has 0 aliphatic rings. The third-order valence-electron chi connectivity index (χ3n) is 6.38. The number of Topliss-reactive ketones (excluding diaryl/α,β-unsaturated/α-hetero) is 1. The maximum absolute atomic E-state index is 13.3. The quantitative estimate of drug-likeness (QED) is 0.111. The van der Waals surface area contributed by atoms with Gasteiger partial charge in [0, 0.05) is 16.9 Å². The molecular weight excluding hydrogens is 538 g/mol. The molecule has 3 aromatic carbocycles. The molecule has 4 rings (SSSR count). The monoisotopic (exact) mass is 567 g/mol. The number of carbonyl (C=O) groups excluding carboxylic acids is 3. The zero-order valence-electron chi connectivity index (χ0n) is 23.1. The van der Waals surface area contributed by atoms with Crippen molar-refractivity contribution in [2.24, 2.45) is 0 Å². The average molecular weight is 568 g/mol. The van der Waals surface area contributed by atoms with Gasteiger partial charge >= 0.3 is 11.9 Å². The third kappa shape index (κ3) is 6.71. The lowest BCUT2D eigenvalue weighted by molar-refractivity contribution is -0.114. The summed E-state index contributed by atoms with van der Waals surface area (Å²) in [4.78, 5) is 39.1. The summed E-state index contributed by atoms with van der Waals surface area (Å²) >= 11 is 1.00. The Hall–Kier alpha value is -4.74. The highest BCUT2D eigenvalue weighted by molar-refractivity contribution is 7.14. The number of ketones is 1. The van der Waals surface area contributed by atoms with E-state index in [4.69, 9.17) is 14.2 Å². The fourth-order valence-electron chi connectivity index (χ4n) is 4.44. The minimum absolute atomic E-state index is 0.107. The lowest BCUT2D eigenvalue weighted by Crippen LogP contribution is -2.12. The standard InChI is InChI=1S/C33H29NO6S/c1-4-38-32(36)30-21(3)31(33(37)39-5-2)41-29(30)18-27(35)25(19-34)17-23-12-7-9-16-28(23)40-20-24-14-10-13-22-11-6-8-15-26(22)24/h6-17H,4-5,18,20H2,1-3H3/b25-17+. The summed E-state index contributed by atoms with van der Waals surface area (Å²) in [5.74, 6) is -1.19. The maximum atomic E-state index is 13.3. The van der Waals surface area contributed by atoms with E-state index in [2.05, 4.69) is 0 Å². The van der Waals surface area contributed by atoms with Crippen molar-refractivity contribution in [1.82, 2.24) is 0 Å². The van der Waals surface area contributed by atoms with Crippen LogP contribution in [0.3, 0.4) is 0 Å². The van der Waals surface area contributed by atoms with Gasteiger partial charge in [-0.25, -0.2) is 9.59 Å². The number of thiophene rings is 1. The van der Waals surface area contributed by atoms with Crippen molar-refractivity contribution in [3.05, 3.63) is 104 Å². The fraction of sp³-hybridized carbons (Fsp3) is 0.212. The Morgan fingerprint density at radius 3 is 2.34 bits per heavy atom. The number of para-hydroxylation sites is 1. The fourth-order valence-corrected chi connectivity index (χ4v) is 5.62. The molecule has 0 spiro atoms. The average Bonchev–Trinajstić information content (AvgIpc) is 3.30. The van der Waals surface area contributed by atoms with Crippen LogP contribution >= 0.6 is 11.3 Å². The molecule has 7 nitrogen and oxygen atoms in total. The number of carbonyl (C=O) groups is 3. The number of esters is 2. The molecule has 1 aromatic heterocycles. The van der Waals surface area contributed by atoms with Crippen LogP contribution in [0.2, 0.25) is 0 Å². The van der Waals surface area contributed by atoms with E-state index in [0.717, 1.165) is 27.7 Å². The zero-order valence-corrected chi connectivity index (χ0v) is 23.9. The first kappa shape index (κ1) is 29.2. The van der Waals surface area contributed by atoms with Gasteiger partial charge in [0.15, 0.2) is 5.78 Å². The van der Waals surface area contributed by atoms with E-state index in [1.54, 1.807) is 39.0 Å². The van der Waals surface area contributed by atoms with E-state index in [-0.39, 0.29) is 35.6 Å². The molecule has 0 unspecified atom stereocenters. The van der Waals surface area contributed by atoms with Crippen LogP contribution in [-0.4, -0.2) is 30.9 Å². The van der Waals surface area contributed by atoms with Crippen molar-refractivity contribution < 1.29 is 28.6 Å². The SMILES string of the molecule is CCOC(=O)c1sc(CC(=O)/C(C#N)=C/c2ccccc2OCc2cccc3ccccc23)c(C(=O)OCC)c1C. The van der Waals surface area contributed by atoms with Crippen molar-refractivity contribution in [2.75, 3.05) is 13.2 Å². The number of ether oxygens (including phenoxy) is 3. The molecular formula is C33H29NO6S. The van der Waals surface area contributed by atoms with E-state index in [1.807, 2.05) is 54.6 Å². The number of nitrogens with zero attached hydrogens (tertiary/aromatic N) is 1. The molecule has 1 heterocycles. The lowest BCUT2D eigenvalue weighted by Gasteiger charge is -2.11. The highest BCUT2D eigenvalue weighted by Crippen LogP contribution is 2.31. The number of fused-ring (bicyclic) bond motifs is 1. The van der Waals surface area contributed by atoms with Gasteiger partial charge in [0.05, 0.1) is 24.4 Å². The van der Waals surface area contributed by atoms with Crippen LogP contribution in [0.4, 0.5) is 0 Å². The van der Waals surface area contributed by atoms with E-state index < -0.39 is 17.7 Å². The van der Waals surface area contributed by atoms with E-state index in [9.17, 15) is 19.6 Å². The van der Waals surface area contributed by atoms with E-state index in [1.165, 1.54) is 6.08 Å². The highest BCUT2D eigenvalue weighted by atomic mass is 32.1. The second-order valence-electron chi connectivity index (χ2n) is 9.03. The molecule has 0 aliphatic carbocycles. The number of rotatable bonds is 11. The Labute approximate surface area is 242 Å². The summed E-state index contributed by atoms with van der Waals surface area (Å²) < 4.78 is 16.4. The van der Waals surface area contributed by atoms with Crippen LogP contribution in [0.1, 0.15) is 55.4 Å². The Balaban J connectivity index is 1.61. The Kier molecular flexibility index (Phi) is 9.67. The van der Waals surface area contributed by atoms with Crippen LogP contribution in [-0.2, 0) is 27.3 Å². The van der Waals surface area contributed by atoms with Gasteiger partial charge in [-0.15, -0.1) is 11.3 Å². The summed E-state index contributed by atoms with van der Waals surface area (Å²) in [5, 5.41) is 12.1. The number of allylic oxidation sites excluding steroid dienone is 1. The normalized spacial score (nSPS) is 11.1. The molecule has 0 saturated carbocycles. The molecule has 0 atom stereocenters. The van der Waals surface area contributed by atoms with Crippen LogP contribution in [0.15, 0.2) is 72.3 Å². The minimum atomic E-state index is -0.630. The number of hydrogen-bond donors (Lipinski definition) is 0. The van der Waals surface area contributed by atoms with Gasteiger partial charge < -0.3 is 14.2 Å². The van der Waals surface area contributed by atoms with Gasteiger partial charge in [0.2, 0.25) is 0 Å². The first-order valence-electron chi connectivity index (χ1n) is 13.2. The molecule has 41 heavy (non-hydrogen) atoms. The molecule has 0 saturated heterocycles. The highest BCUT2D eigenvalue weighted by Gasteiger charge is 2.28. The zero-order chi connectivity index (χ0) is 29.4. The van der Waals surface area contributed by atoms with Crippen LogP contribution in [0.25, 0.3) is 16.8 Å². The number of hydrogen-bond acceptors (Lipinski definition) is 8. The number of nitriles is 1. The summed E-state index contributed by atoms with van der Waals surface area (Å²) in [6.07, 6.45) is 1.23. The Morgan fingerprint density at radius 2 is 1.59 bits per heavy atom. The van der Waals surface area contributed by atoms with Crippen molar-refractivity contribution >= 4 is 45.9 Å². The van der Waals surface area contributed by atoms with Gasteiger partial charge in [-0.1, -0.05) is 60.7 Å². The predicted molar refractivity (Wildman–Crippen MR) is 158 cm³/mol. The van der Waals surface area contributed by atoms with E-state index >= 15 is 0 Å². The van der Waals surface area contributed by atoms with Gasteiger partial charge in [-0.05, 0) is 54.8 Å².